The Balaban J connectivity index is 2.41. The molecule has 2 amide bonds. The minimum atomic E-state index is -0.196. The molecule has 0 atom stereocenters. The van der Waals surface area contributed by atoms with Gasteiger partial charge >= 0.3 is 0 Å². The van der Waals surface area contributed by atoms with Gasteiger partial charge in [0.25, 0.3) is 0 Å². The molecule has 0 radical (unpaired) electrons. The van der Waals surface area contributed by atoms with E-state index in [2.05, 4.69) is 17.2 Å². The van der Waals surface area contributed by atoms with Crippen molar-refractivity contribution in [1.82, 2.24) is 9.88 Å². The number of ether oxygens (including phenoxy) is 1. The Labute approximate surface area is 174 Å². The number of hydrogen-bond donors (Lipinski definition) is 1. The number of carbonyl (C=O) groups excluding carboxylic acids is 2. The molecule has 28 heavy (non-hydrogen) atoms. The first-order valence-corrected chi connectivity index (χ1v) is 11.5. The summed E-state index contributed by atoms with van der Waals surface area (Å²) in [5.74, 6) is -0.144. The van der Waals surface area contributed by atoms with Gasteiger partial charge in [0.2, 0.25) is 11.8 Å². The minimum absolute atomic E-state index is 0.0514. The number of carbonyl (C=O) groups is 2. The molecule has 0 saturated carbocycles. The molecule has 0 fully saturated rings. The van der Waals surface area contributed by atoms with E-state index in [1.165, 1.54) is 43.4 Å². The maximum Gasteiger partial charge on any atom is 0.245 e. The standard InChI is InChI=1S/C21H37N3O3S/c1-4-6-7-8-9-10-11-13-20(26)24(14-12-15-27-5-2)16-19(25)23-21-22-18(3)17-28-21/h17H,4-16H2,1-3H3,(H,22,23,25). The fraction of sp³-hybridized carbons (Fsp3) is 0.762. The van der Waals surface area contributed by atoms with Gasteiger partial charge < -0.3 is 15.0 Å². The van der Waals surface area contributed by atoms with Crippen molar-refractivity contribution in [3.8, 4) is 0 Å². The number of rotatable bonds is 16. The molecular formula is C21H37N3O3S. The van der Waals surface area contributed by atoms with Crippen molar-refractivity contribution < 1.29 is 14.3 Å². The molecule has 7 heteroatoms. The topological polar surface area (TPSA) is 71.5 Å². The lowest BCUT2D eigenvalue weighted by molar-refractivity contribution is -0.135. The minimum Gasteiger partial charge on any atom is -0.382 e. The maximum atomic E-state index is 12.6. The zero-order chi connectivity index (χ0) is 20.6. The number of aryl methyl sites for hydroxylation is 1. The van der Waals surface area contributed by atoms with Gasteiger partial charge in [-0.05, 0) is 26.7 Å². The average Bonchev–Trinajstić information content (AvgIpc) is 3.07. The smallest absolute Gasteiger partial charge is 0.245 e. The molecule has 160 valence electrons. The summed E-state index contributed by atoms with van der Waals surface area (Å²) < 4.78 is 5.37. The van der Waals surface area contributed by atoms with Crippen LogP contribution in [0.2, 0.25) is 0 Å². The second-order valence-corrected chi connectivity index (χ2v) is 7.94. The molecule has 1 aromatic rings. The molecular weight excluding hydrogens is 374 g/mol. The van der Waals surface area contributed by atoms with Gasteiger partial charge in [-0.15, -0.1) is 11.3 Å². The van der Waals surface area contributed by atoms with E-state index in [1.807, 2.05) is 19.2 Å². The SMILES string of the molecule is CCCCCCCCCC(=O)N(CCCOCC)CC(=O)Nc1nc(C)cs1. The molecule has 0 aliphatic rings. The summed E-state index contributed by atoms with van der Waals surface area (Å²) in [5.41, 5.74) is 0.879. The van der Waals surface area contributed by atoms with Crippen LogP contribution in [0.5, 0.6) is 0 Å². The molecule has 0 bridgehead atoms. The van der Waals surface area contributed by atoms with Gasteiger partial charge in [-0.2, -0.15) is 0 Å². The van der Waals surface area contributed by atoms with Crippen LogP contribution < -0.4 is 5.32 Å². The van der Waals surface area contributed by atoms with E-state index in [0.717, 1.165) is 25.0 Å². The lowest BCUT2D eigenvalue weighted by atomic mass is 10.1. The number of aromatic nitrogens is 1. The van der Waals surface area contributed by atoms with E-state index in [4.69, 9.17) is 4.74 Å². The van der Waals surface area contributed by atoms with Crippen molar-refractivity contribution in [3.63, 3.8) is 0 Å². The third-order valence-corrected chi connectivity index (χ3v) is 5.34. The van der Waals surface area contributed by atoms with Crippen LogP contribution in [-0.4, -0.2) is 48.0 Å². The van der Waals surface area contributed by atoms with Crippen molar-refractivity contribution in [2.75, 3.05) is 31.6 Å². The van der Waals surface area contributed by atoms with E-state index in [0.29, 0.717) is 31.3 Å². The second kappa shape index (κ2) is 15.5. The van der Waals surface area contributed by atoms with Crippen LogP contribution in [0.3, 0.4) is 0 Å². The summed E-state index contributed by atoms with van der Waals surface area (Å²) in [6.07, 6.45) is 9.46. The van der Waals surface area contributed by atoms with Crippen LogP contribution in [0.1, 0.15) is 77.3 Å². The van der Waals surface area contributed by atoms with Crippen LogP contribution in [0.4, 0.5) is 5.13 Å². The zero-order valence-corrected chi connectivity index (χ0v) is 18.6. The quantitative estimate of drug-likeness (QED) is 0.397. The lowest BCUT2D eigenvalue weighted by Gasteiger charge is -2.22. The van der Waals surface area contributed by atoms with E-state index in [9.17, 15) is 9.59 Å². The Kier molecular flexibility index (Phi) is 13.6. The maximum absolute atomic E-state index is 12.6. The molecule has 0 aromatic carbocycles. The first-order valence-electron chi connectivity index (χ1n) is 10.6. The first-order chi connectivity index (χ1) is 13.6. The van der Waals surface area contributed by atoms with Gasteiger partial charge in [0.15, 0.2) is 5.13 Å². The molecule has 1 rings (SSSR count). The molecule has 0 aliphatic carbocycles. The average molecular weight is 412 g/mol. The Bertz CT molecular complexity index is 563. The Morgan fingerprint density at radius 1 is 1.11 bits per heavy atom. The zero-order valence-electron chi connectivity index (χ0n) is 17.8. The van der Waals surface area contributed by atoms with Crippen molar-refractivity contribution >= 4 is 28.3 Å². The Hall–Kier alpha value is -1.47. The van der Waals surface area contributed by atoms with Gasteiger partial charge in [-0.1, -0.05) is 45.4 Å². The summed E-state index contributed by atoms with van der Waals surface area (Å²) in [6.45, 7) is 7.93. The predicted molar refractivity (Wildman–Crippen MR) is 116 cm³/mol. The predicted octanol–water partition coefficient (Wildman–Crippen LogP) is 4.79. The van der Waals surface area contributed by atoms with Gasteiger partial charge in [-0.25, -0.2) is 4.98 Å². The number of nitrogens with one attached hydrogen (secondary N) is 1. The third kappa shape index (κ3) is 11.4. The van der Waals surface area contributed by atoms with Gasteiger partial charge in [-0.3, -0.25) is 9.59 Å². The summed E-state index contributed by atoms with van der Waals surface area (Å²) >= 11 is 1.40. The lowest BCUT2D eigenvalue weighted by Crippen LogP contribution is -2.39. The van der Waals surface area contributed by atoms with Crippen molar-refractivity contribution in [2.24, 2.45) is 0 Å². The van der Waals surface area contributed by atoms with Crippen LogP contribution in [-0.2, 0) is 14.3 Å². The number of amides is 2. The Morgan fingerprint density at radius 2 is 1.82 bits per heavy atom. The normalized spacial score (nSPS) is 10.8. The van der Waals surface area contributed by atoms with Gasteiger partial charge in [0, 0.05) is 31.6 Å². The van der Waals surface area contributed by atoms with E-state index in [-0.39, 0.29) is 18.4 Å². The molecule has 0 unspecified atom stereocenters. The van der Waals surface area contributed by atoms with Crippen LogP contribution in [0, 0.1) is 6.92 Å². The van der Waals surface area contributed by atoms with E-state index >= 15 is 0 Å². The third-order valence-electron chi connectivity index (χ3n) is 4.47. The van der Waals surface area contributed by atoms with E-state index in [1.54, 1.807) is 4.90 Å². The summed E-state index contributed by atoms with van der Waals surface area (Å²) in [6, 6.07) is 0. The molecule has 1 aromatic heterocycles. The molecule has 1 heterocycles. The molecule has 0 saturated heterocycles. The highest BCUT2D eigenvalue weighted by molar-refractivity contribution is 7.13. The summed E-state index contributed by atoms with van der Waals surface area (Å²) in [5, 5.41) is 5.26. The molecule has 1 N–H and O–H groups in total. The monoisotopic (exact) mass is 411 g/mol. The van der Waals surface area contributed by atoms with Gasteiger partial charge in [0.1, 0.15) is 0 Å². The van der Waals surface area contributed by atoms with Crippen LogP contribution in [0.15, 0.2) is 5.38 Å². The fourth-order valence-electron chi connectivity index (χ4n) is 2.93. The summed E-state index contributed by atoms with van der Waals surface area (Å²) in [4.78, 5) is 30.9. The summed E-state index contributed by atoms with van der Waals surface area (Å²) in [7, 11) is 0. The first kappa shape index (κ1) is 24.6. The number of anilines is 1. The highest BCUT2D eigenvalue weighted by Gasteiger charge is 2.17. The number of unbranched alkanes of at least 4 members (excludes halogenated alkanes) is 6. The fourth-order valence-corrected chi connectivity index (χ4v) is 3.63. The largest absolute Gasteiger partial charge is 0.382 e. The Morgan fingerprint density at radius 3 is 2.46 bits per heavy atom. The number of nitrogens with zero attached hydrogens (tertiary/aromatic N) is 2. The molecule has 6 nitrogen and oxygen atoms in total. The molecule has 0 aliphatic heterocycles. The van der Waals surface area contributed by atoms with Crippen LogP contribution >= 0.6 is 11.3 Å². The van der Waals surface area contributed by atoms with Crippen LogP contribution in [0.25, 0.3) is 0 Å². The highest BCUT2D eigenvalue weighted by Crippen LogP contribution is 2.14. The van der Waals surface area contributed by atoms with E-state index < -0.39 is 0 Å². The second-order valence-electron chi connectivity index (χ2n) is 7.08. The number of hydrogen-bond acceptors (Lipinski definition) is 5. The van der Waals surface area contributed by atoms with Crippen molar-refractivity contribution in [3.05, 3.63) is 11.1 Å². The number of thiazole rings is 1. The van der Waals surface area contributed by atoms with Crippen molar-refractivity contribution in [1.29, 1.82) is 0 Å². The van der Waals surface area contributed by atoms with Gasteiger partial charge in [0.05, 0.1) is 12.2 Å². The molecule has 0 spiro atoms. The highest BCUT2D eigenvalue weighted by atomic mass is 32.1. The van der Waals surface area contributed by atoms with Crippen molar-refractivity contribution in [2.45, 2.75) is 78.6 Å².